The van der Waals surface area contributed by atoms with Crippen molar-refractivity contribution in [3.05, 3.63) is 60.2 Å². The molecular weight excluding hydrogens is 333 g/mol. The predicted octanol–water partition coefficient (Wildman–Crippen LogP) is 3.77. The van der Waals surface area contributed by atoms with Crippen molar-refractivity contribution < 1.29 is 14.2 Å². The number of nitriles is 1. The zero-order valence-corrected chi connectivity index (χ0v) is 14.3. The monoisotopic (exact) mass is 351 g/mol. The van der Waals surface area contributed by atoms with Gasteiger partial charge in [0.15, 0.2) is 5.69 Å². The van der Waals surface area contributed by atoms with Crippen LogP contribution in [0.5, 0.6) is 5.75 Å². The number of anilines is 2. The summed E-state index contributed by atoms with van der Waals surface area (Å²) in [6.45, 7) is 0.391. The first-order valence-corrected chi connectivity index (χ1v) is 8.18. The number of pyridine rings is 1. The Hall–Kier alpha value is -3.17. The quantitative estimate of drug-likeness (QED) is 0.732. The van der Waals surface area contributed by atoms with Gasteiger partial charge in [-0.05, 0) is 42.8 Å². The van der Waals surface area contributed by atoms with Crippen molar-refractivity contribution in [3.63, 3.8) is 0 Å². The third kappa shape index (κ3) is 3.44. The van der Waals surface area contributed by atoms with Crippen LogP contribution in [-0.2, 0) is 0 Å². The zero-order chi connectivity index (χ0) is 18.5. The van der Waals surface area contributed by atoms with Crippen molar-refractivity contribution in [1.29, 1.82) is 5.26 Å². The fourth-order valence-electron chi connectivity index (χ4n) is 2.90. The number of ether oxygens (including phenoxy) is 1. The number of aliphatic hydroxyl groups is 1. The average molecular weight is 351 g/mol. The first kappa shape index (κ1) is 17.6. The van der Waals surface area contributed by atoms with Gasteiger partial charge in [-0.1, -0.05) is 6.07 Å². The van der Waals surface area contributed by atoms with Gasteiger partial charge in [0, 0.05) is 35.8 Å². The van der Waals surface area contributed by atoms with Crippen LogP contribution in [0.1, 0.15) is 12.1 Å². The molecule has 26 heavy (non-hydrogen) atoms. The van der Waals surface area contributed by atoms with Crippen LogP contribution in [0.25, 0.3) is 10.8 Å². The van der Waals surface area contributed by atoms with E-state index in [0.29, 0.717) is 30.1 Å². The second-order valence-electron chi connectivity index (χ2n) is 5.73. The van der Waals surface area contributed by atoms with Crippen LogP contribution in [0.2, 0.25) is 0 Å². The molecule has 0 unspecified atom stereocenters. The van der Waals surface area contributed by atoms with E-state index in [1.165, 1.54) is 12.1 Å². The summed E-state index contributed by atoms with van der Waals surface area (Å²) in [6, 6.07) is 13.8. The number of fused-ring (bicyclic) bond motifs is 1. The lowest BCUT2D eigenvalue weighted by atomic mass is 10.1. The highest BCUT2D eigenvalue weighted by molar-refractivity contribution is 5.98. The highest BCUT2D eigenvalue weighted by Crippen LogP contribution is 2.36. The molecule has 0 bridgehead atoms. The molecule has 3 aromatic rings. The summed E-state index contributed by atoms with van der Waals surface area (Å²) >= 11 is 0. The van der Waals surface area contributed by atoms with Gasteiger partial charge in [-0.2, -0.15) is 5.26 Å². The molecule has 132 valence electrons. The number of aliphatic hydroxyl groups excluding tert-OH is 1. The molecule has 0 radical (unpaired) electrons. The Morgan fingerprint density at radius 1 is 1.27 bits per heavy atom. The first-order chi connectivity index (χ1) is 12.7. The lowest BCUT2D eigenvalue weighted by Crippen LogP contribution is -2.21. The number of rotatable bonds is 6. The Balaban J connectivity index is 2.27. The van der Waals surface area contributed by atoms with Gasteiger partial charge < -0.3 is 14.7 Å². The Labute approximate surface area is 150 Å². The van der Waals surface area contributed by atoms with E-state index in [1.807, 2.05) is 23.1 Å². The largest absolute Gasteiger partial charge is 0.497 e. The van der Waals surface area contributed by atoms with Crippen LogP contribution < -0.4 is 9.64 Å². The van der Waals surface area contributed by atoms with E-state index in [1.54, 1.807) is 25.4 Å². The number of hydrogen-bond acceptors (Lipinski definition) is 5. The third-order valence-electron chi connectivity index (χ3n) is 4.11. The fourth-order valence-corrected chi connectivity index (χ4v) is 2.90. The highest BCUT2D eigenvalue weighted by Gasteiger charge is 2.19. The van der Waals surface area contributed by atoms with E-state index < -0.39 is 0 Å². The molecule has 6 heteroatoms. The number of methoxy groups -OCH3 is 1. The molecule has 0 saturated heterocycles. The Bertz CT molecular complexity index is 969. The van der Waals surface area contributed by atoms with Crippen molar-refractivity contribution >= 4 is 22.1 Å². The topological polar surface area (TPSA) is 69.4 Å². The molecule has 0 fully saturated rings. The van der Waals surface area contributed by atoms with Crippen LogP contribution >= 0.6 is 0 Å². The zero-order valence-electron chi connectivity index (χ0n) is 14.3. The van der Waals surface area contributed by atoms with Gasteiger partial charge in [-0.15, -0.1) is 0 Å². The number of benzene rings is 2. The van der Waals surface area contributed by atoms with Gasteiger partial charge >= 0.3 is 0 Å². The maximum absolute atomic E-state index is 13.8. The van der Waals surface area contributed by atoms with Crippen molar-refractivity contribution in [1.82, 2.24) is 4.98 Å². The second kappa shape index (κ2) is 7.81. The summed E-state index contributed by atoms with van der Waals surface area (Å²) in [5.74, 6) is 0.274. The molecule has 0 atom stereocenters. The minimum Gasteiger partial charge on any atom is -0.497 e. The van der Waals surface area contributed by atoms with Crippen molar-refractivity contribution in [2.24, 2.45) is 0 Å². The van der Waals surface area contributed by atoms with E-state index in [9.17, 15) is 14.8 Å². The smallest absolute Gasteiger partial charge is 0.164 e. The van der Waals surface area contributed by atoms with Crippen LogP contribution in [-0.4, -0.2) is 30.4 Å². The number of hydrogen-bond donors (Lipinski definition) is 1. The molecule has 0 spiro atoms. The normalized spacial score (nSPS) is 10.5. The first-order valence-electron chi connectivity index (χ1n) is 8.18. The highest BCUT2D eigenvalue weighted by atomic mass is 19.1. The molecule has 3 rings (SSSR count). The minimum absolute atomic E-state index is 0.0186. The Morgan fingerprint density at radius 3 is 2.81 bits per heavy atom. The predicted molar refractivity (Wildman–Crippen MR) is 98.1 cm³/mol. The second-order valence-corrected chi connectivity index (χ2v) is 5.73. The van der Waals surface area contributed by atoms with Gasteiger partial charge in [0.25, 0.3) is 0 Å². The molecule has 0 aliphatic heterocycles. The molecule has 1 heterocycles. The summed E-state index contributed by atoms with van der Waals surface area (Å²) in [5.41, 5.74) is 1.39. The van der Waals surface area contributed by atoms with E-state index in [0.717, 1.165) is 10.8 Å². The van der Waals surface area contributed by atoms with Crippen LogP contribution in [0.4, 0.5) is 15.8 Å². The van der Waals surface area contributed by atoms with Gasteiger partial charge in [-0.3, -0.25) is 0 Å². The number of halogens is 1. The minimum atomic E-state index is -0.374. The summed E-state index contributed by atoms with van der Waals surface area (Å²) in [4.78, 5) is 6.07. The van der Waals surface area contributed by atoms with Gasteiger partial charge in [0.1, 0.15) is 17.6 Å². The summed E-state index contributed by atoms with van der Waals surface area (Å²) in [7, 11) is 1.57. The number of nitrogens with zero attached hydrogens (tertiary/aromatic N) is 3. The fraction of sp³-hybridized carbons (Fsp3) is 0.200. The molecule has 0 saturated carbocycles. The molecule has 0 amide bonds. The molecule has 1 aromatic heterocycles. The Morgan fingerprint density at radius 2 is 2.12 bits per heavy atom. The maximum Gasteiger partial charge on any atom is 0.164 e. The summed E-state index contributed by atoms with van der Waals surface area (Å²) in [5, 5.41) is 20.5. The average Bonchev–Trinajstić information content (AvgIpc) is 2.67. The summed E-state index contributed by atoms with van der Waals surface area (Å²) < 4.78 is 19.1. The van der Waals surface area contributed by atoms with E-state index >= 15 is 0 Å². The molecule has 0 aliphatic rings. The number of aromatic nitrogens is 1. The molecule has 5 nitrogen and oxygen atoms in total. The van der Waals surface area contributed by atoms with E-state index in [4.69, 9.17) is 4.74 Å². The molecular formula is C20H18FN3O2. The van der Waals surface area contributed by atoms with Crippen molar-refractivity contribution in [2.75, 3.05) is 25.2 Å². The van der Waals surface area contributed by atoms with Crippen molar-refractivity contribution in [3.8, 4) is 11.8 Å². The lowest BCUT2D eigenvalue weighted by molar-refractivity contribution is 0.291. The van der Waals surface area contributed by atoms with E-state index in [-0.39, 0.29) is 18.1 Å². The van der Waals surface area contributed by atoms with Gasteiger partial charge in [0.05, 0.1) is 12.8 Å². The molecule has 2 aromatic carbocycles. The molecule has 0 aliphatic carbocycles. The van der Waals surface area contributed by atoms with Crippen LogP contribution in [0.3, 0.4) is 0 Å². The van der Waals surface area contributed by atoms with Crippen LogP contribution in [0, 0.1) is 17.1 Å². The SMILES string of the molecule is COc1ccc2cnc(C#N)c(N(CCCO)c3cccc(F)c3)c2c1. The molecule has 1 N–H and O–H groups in total. The standard InChI is InChI=1S/C20H18FN3O2/c1-26-17-7-6-14-13-23-19(12-22)20(18(14)11-17)24(8-3-9-25)16-5-2-4-15(21)10-16/h2,4-7,10-11,13,25H,3,8-9H2,1H3. The maximum atomic E-state index is 13.8. The van der Waals surface area contributed by atoms with Gasteiger partial charge in [0.2, 0.25) is 0 Å². The Kier molecular flexibility index (Phi) is 5.30. The van der Waals surface area contributed by atoms with Crippen LogP contribution in [0.15, 0.2) is 48.7 Å². The summed E-state index contributed by atoms with van der Waals surface area (Å²) in [6.07, 6.45) is 2.09. The van der Waals surface area contributed by atoms with Crippen molar-refractivity contribution in [2.45, 2.75) is 6.42 Å². The third-order valence-corrected chi connectivity index (χ3v) is 4.11. The van der Waals surface area contributed by atoms with Gasteiger partial charge in [-0.25, -0.2) is 9.37 Å². The lowest BCUT2D eigenvalue weighted by Gasteiger charge is -2.27. The van der Waals surface area contributed by atoms with E-state index in [2.05, 4.69) is 11.1 Å².